The summed E-state index contributed by atoms with van der Waals surface area (Å²) in [6.07, 6.45) is 2.71. The molecular formula is C17H23N3O. The number of hydrogen-bond acceptors (Lipinski definition) is 3. The van der Waals surface area contributed by atoms with Crippen molar-refractivity contribution in [1.82, 2.24) is 9.78 Å². The standard InChI is InChI=1S/C17H23N3O/c1-5-19(4)16-8-6-14(7-9-16)17-15(12-21)11-20(18-17)10-13(2)3/h6-9,11-13H,5,10H2,1-4H3. The Hall–Kier alpha value is -2.10. The highest BCUT2D eigenvalue weighted by Gasteiger charge is 2.11. The van der Waals surface area contributed by atoms with Crippen LogP contribution in [0.5, 0.6) is 0 Å². The van der Waals surface area contributed by atoms with Crippen LogP contribution in [0.3, 0.4) is 0 Å². The van der Waals surface area contributed by atoms with Crippen molar-refractivity contribution in [3.63, 3.8) is 0 Å². The van der Waals surface area contributed by atoms with Gasteiger partial charge in [0.2, 0.25) is 0 Å². The van der Waals surface area contributed by atoms with Crippen LogP contribution in [0.15, 0.2) is 30.5 Å². The number of rotatable bonds is 6. The van der Waals surface area contributed by atoms with Crippen LogP contribution in [0.25, 0.3) is 11.3 Å². The van der Waals surface area contributed by atoms with E-state index in [9.17, 15) is 4.79 Å². The molecule has 0 amide bonds. The average molecular weight is 285 g/mol. The second-order valence-electron chi connectivity index (χ2n) is 5.73. The summed E-state index contributed by atoms with van der Waals surface area (Å²) in [7, 11) is 2.06. The Balaban J connectivity index is 2.32. The van der Waals surface area contributed by atoms with Gasteiger partial charge >= 0.3 is 0 Å². The number of nitrogens with zero attached hydrogens (tertiary/aromatic N) is 3. The lowest BCUT2D eigenvalue weighted by Crippen LogP contribution is -2.15. The van der Waals surface area contributed by atoms with E-state index in [1.807, 2.05) is 23.0 Å². The normalized spacial score (nSPS) is 10.9. The van der Waals surface area contributed by atoms with Crippen molar-refractivity contribution in [3.05, 3.63) is 36.0 Å². The first-order valence-corrected chi connectivity index (χ1v) is 7.39. The lowest BCUT2D eigenvalue weighted by molar-refractivity contribution is 0.112. The fourth-order valence-electron chi connectivity index (χ4n) is 2.27. The van der Waals surface area contributed by atoms with Gasteiger partial charge in [-0.3, -0.25) is 9.48 Å². The first kappa shape index (κ1) is 15.3. The minimum Gasteiger partial charge on any atom is -0.375 e. The molecule has 0 N–H and O–H groups in total. The third-order valence-electron chi connectivity index (χ3n) is 3.53. The van der Waals surface area contributed by atoms with Crippen LogP contribution in [-0.4, -0.2) is 29.7 Å². The summed E-state index contributed by atoms with van der Waals surface area (Å²) in [4.78, 5) is 13.4. The van der Waals surface area contributed by atoms with E-state index in [-0.39, 0.29) is 0 Å². The molecule has 0 aliphatic rings. The molecule has 21 heavy (non-hydrogen) atoms. The number of anilines is 1. The number of carbonyl (C=O) groups is 1. The second-order valence-corrected chi connectivity index (χ2v) is 5.73. The highest BCUT2D eigenvalue weighted by Crippen LogP contribution is 2.24. The molecule has 1 heterocycles. The Morgan fingerprint density at radius 1 is 1.29 bits per heavy atom. The molecule has 0 fully saturated rings. The molecule has 0 saturated carbocycles. The largest absolute Gasteiger partial charge is 0.375 e. The van der Waals surface area contributed by atoms with Crippen molar-refractivity contribution in [1.29, 1.82) is 0 Å². The fraction of sp³-hybridized carbons (Fsp3) is 0.412. The van der Waals surface area contributed by atoms with Gasteiger partial charge in [0.25, 0.3) is 0 Å². The maximum atomic E-state index is 11.3. The smallest absolute Gasteiger partial charge is 0.153 e. The van der Waals surface area contributed by atoms with Crippen molar-refractivity contribution in [2.24, 2.45) is 5.92 Å². The first-order valence-electron chi connectivity index (χ1n) is 7.39. The number of benzene rings is 1. The molecule has 1 aromatic heterocycles. The van der Waals surface area contributed by atoms with Gasteiger partial charge in [-0.2, -0.15) is 5.10 Å². The molecule has 0 radical (unpaired) electrons. The summed E-state index contributed by atoms with van der Waals surface area (Å²) in [6.45, 7) is 8.17. The van der Waals surface area contributed by atoms with E-state index in [2.05, 4.69) is 50.0 Å². The molecule has 0 saturated heterocycles. The zero-order valence-electron chi connectivity index (χ0n) is 13.2. The van der Waals surface area contributed by atoms with Crippen molar-refractivity contribution in [2.45, 2.75) is 27.3 Å². The summed E-state index contributed by atoms with van der Waals surface area (Å²) in [5, 5.41) is 4.56. The molecule has 0 unspecified atom stereocenters. The number of aromatic nitrogens is 2. The van der Waals surface area contributed by atoms with Crippen LogP contribution in [0.4, 0.5) is 5.69 Å². The predicted molar refractivity (Wildman–Crippen MR) is 86.8 cm³/mol. The molecule has 2 aromatic rings. The van der Waals surface area contributed by atoms with Gasteiger partial charge in [0.1, 0.15) is 5.69 Å². The monoisotopic (exact) mass is 285 g/mol. The van der Waals surface area contributed by atoms with Gasteiger partial charge in [-0.15, -0.1) is 0 Å². The van der Waals surface area contributed by atoms with Gasteiger partial charge in [-0.25, -0.2) is 0 Å². The zero-order chi connectivity index (χ0) is 15.4. The molecular weight excluding hydrogens is 262 g/mol. The van der Waals surface area contributed by atoms with Crippen LogP contribution in [0, 0.1) is 5.92 Å². The van der Waals surface area contributed by atoms with Crippen molar-refractivity contribution < 1.29 is 4.79 Å². The van der Waals surface area contributed by atoms with E-state index in [1.165, 1.54) is 0 Å². The van der Waals surface area contributed by atoms with E-state index in [0.29, 0.717) is 11.5 Å². The maximum absolute atomic E-state index is 11.3. The molecule has 0 aliphatic heterocycles. The van der Waals surface area contributed by atoms with E-state index >= 15 is 0 Å². The zero-order valence-corrected chi connectivity index (χ0v) is 13.2. The highest BCUT2D eigenvalue weighted by atomic mass is 16.1. The Bertz CT molecular complexity index is 599. The number of hydrogen-bond donors (Lipinski definition) is 0. The molecule has 0 aliphatic carbocycles. The lowest BCUT2D eigenvalue weighted by Gasteiger charge is -2.16. The molecule has 112 valence electrons. The number of aldehydes is 1. The lowest BCUT2D eigenvalue weighted by atomic mass is 10.1. The Morgan fingerprint density at radius 3 is 2.48 bits per heavy atom. The molecule has 0 spiro atoms. The van der Waals surface area contributed by atoms with E-state index < -0.39 is 0 Å². The Kier molecular flexibility index (Phi) is 4.78. The number of carbonyl (C=O) groups excluding carboxylic acids is 1. The predicted octanol–water partition coefficient (Wildman–Crippen LogP) is 3.47. The molecule has 4 nitrogen and oxygen atoms in total. The van der Waals surface area contributed by atoms with Crippen molar-refractivity contribution in [3.8, 4) is 11.3 Å². The maximum Gasteiger partial charge on any atom is 0.153 e. The van der Waals surface area contributed by atoms with E-state index in [0.717, 1.165) is 36.3 Å². The quantitative estimate of drug-likeness (QED) is 0.763. The minimum atomic E-state index is 0.498. The summed E-state index contributed by atoms with van der Waals surface area (Å²) in [5.41, 5.74) is 3.55. The van der Waals surface area contributed by atoms with Crippen molar-refractivity contribution in [2.75, 3.05) is 18.5 Å². The summed E-state index contributed by atoms with van der Waals surface area (Å²) in [6, 6.07) is 8.18. The van der Waals surface area contributed by atoms with Crippen LogP contribution in [0.1, 0.15) is 31.1 Å². The first-order chi connectivity index (χ1) is 10.0. The molecule has 1 aromatic carbocycles. The highest BCUT2D eigenvalue weighted by molar-refractivity contribution is 5.85. The summed E-state index contributed by atoms with van der Waals surface area (Å²) in [5.74, 6) is 0.498. The van der Waals surface area contributed by atoms with Gasteiger partial charge in [-0.1, -0.05) is 26.0 Å². The molecule has 0 bridgehead atoms. The van der Waals surface area contributed by atoms with Gasteiger partial charge in [0.15, 0.2) is 6.29 Å². The Labute approximate surface area is 126 Å². The van der Waals surface area contributed by atoms with Crippen LogP contribution < -0.4 is 4.90 Å². The SMILES string of the molecule is CCN(C)c1ccc(-c2nn(CC(C)C)cc2C=O)cc1. The van der Waals surface area contributed by atoms with Crippen LogP contribution in [0.2, 0.25) is 0 Å². The molecule has 4 heteroatoms. The van der Waals surface area contributed by atoms with Gasteiger partial charge in [-0.05, 0) is 25.0 Å². The molecule has 2 rings (SSSR count). The third kappa shape index (κ3) is 3.51. The van der Waals surface area contributed by atoms with Crippen LogP contribution in [-0.2, 0) is 6.54 Å². The third-order valence-corrected chi connectivity index (χ3v) is 3.53. The summed E-state index contributed by atoms with van der Waals surface area (Å²) < 4.78 is 1.86. The molecule has 0 atom stereocenters. The van der Waals surface area contributed by atoms with Crippen molar-refractivity contribution >= 4 is 12.0 Å². The van der Waals surface area contributed by atoms with Crippen LogP contribution >= 0.6 is 0 Å². The Morgan fingerprint density at radius 2 is 1.95 bits per heavy atom. The average Bonchev–Trinajstić information content (AvgIpc) is 2.88. The van der Waals surface area contributed by atoms with E-state index in [4.69, 9.17) is 0 Å². The summed E-state index contributed by atoms with van der Waals surface area (Å²) >= 11 is 0. The van der Waals surface area contributed by atoms with Gasteiger partial charge < -0.3 is 4.90 Å². The topological polar surface area (TPSA) is 38.1 Å². The minimum absolute atomic E-state index is 0.498. The van der Waals surface area contributed by atoms with Gasteiger partial charge in [0.05, 0.1) is 5.56 Å². The van der Waals surface area contributed by atoms with E-state index in [1.54, 1.807) is 0 Å². The van der Waals surface area contributed by atoms with Gasteiger partial charge in [0, 0.05) is 37.6 Å². The fourth-order valence-corrected chi connectivity index (χ4v) is 2.27. The second kappa shape index (κ2) is 6.57.